The van der Waals surface area contributed by atoms with Crippen molar-refractivity contribution in [1.29, 1.82) is 0 Å². The third-order valence-electron chi connectivity index (χ3n) is 5.99. The first-order chi connectivity index (χ1) is 18.0. The van der Waals surface area contributed by atoms with Crippen molar-refractivity contribution in [2.24, 2.45) is 0 Å². The van der Waals surface area contributed by atoms with Gasteiger partial charge in [0.05, 0.1) is 6.10 Å². The molecule has 2 N–H and O–H groups in total. The van der Waals surface area contributed by atoms with Crippen molar-refractivity contribution < 1.29 is 29.3 Å². The second-order valence-corrected chi connectivity index (χ2v) is 9.69. The minimum atomic E-state index is -0.990. The standard InChI is InChI=1S/C31H54O6/c1-3-5-7-9-11-14-18-22-28(32)23-19-15-13-17-21-25-31(35)37-27-29(33)26-36-30(34)24-20-16-12-10-8-6-4-2/h5,7,11,14,18,22,28-29,32-33H,3-4,6,8-10,12-13,15-17,19-21,23-27H2,1-2H3/b7-5+,14-11+,22-18+/t28?,29-/m1/s1. The molecule has 0 aromatic rings. The summed E-state index contributed by atoms with van der Waals surface area (Å²) in [6.45, 7) is 4.01. The Kier molecular flexibility index (Phi) is 25.7. The van der Waals surface area contributed by atoms with Crippen molar-refractivity contribution in [2.45, 2.75) is 135 Å². The van der Waals surface area contributed by atoms with E-state index in [1.165, 1.54) is 25.7 Å². The van der Waals surface area contributed by atoms with E-state index in [0.29, 0.717) is 12.8 Å². The first-order valence-electron chi connectivity index (χ1n) is 14.6. The van der Waals surface area contributed by atoms with E-state index < -0.39 is 12.2 Å². The molecule has 0 aromatic heterocycles. The summed E-state index contributed by atoms with van der Waals surface area (Å²) in [5, 5.41) is 19.9. The summed E-state index contributed by atoms with van der Waals surface area (Å²) in [5.74, 6) is -0.651. The van der Waals surface area contributed by atoms with Gasteiger partial charge in [-0.3, -0.25) is 9.59 Å². The molecule has 0 aliphatic heterocycles. The van der Waals surface area contributed by atoms with E-state index in [1.54, 1.807) is 0 Å². The van der Waals surface area contributed by atoms with E-state index in [1.807, 2.05) is 18.2 Å². The van der Waals surface area contributed by atoms with E-state index in [-0.39, 0.29) is 25.2 Å². The SMILES string of the molecule is CC/C=C/C/C=C/C=C/C(O)CCCCCCCC(=O)OC[C@H](O)COC(=O)CCCCCCCCC. The van der Waals surface area contributed by atoms with E-state index in [0.717, 1.165) is 70.6 Å². The van der Waals surface area contributed by atoms with E-state index in [9.17, 15) is 19.8 Å². The molecule has 6 heteroatoms. The summed E-state index contributed by atoms with van der Waals surface area (Å²) in [4.78, 5) is 23.6. The molecule has 37 heavy (non-hydrogen) atoms. The minimum Gasteiger partial charge on any atom is -0.463 e. The zero-order chi connectivity index (χ0) is 27.4. The third-order valence-corrected chi connectivity index (χ3v) is 5.99. The van der Waals surface area contributed by atoms with Crippen LogP contribution in [-0.2, 0) is 19.1 Å². The molecule has 0 radical (unpaired) electrons. The van der Waals surface area contributed by atoms with Crippen LogP contribution in [0.2, 0.25) is 0 Å². The highest BCUT2D eigenvalue weighted by molar-refractivity contribution is 5.69. The average molecular weight is 523 g/mol. The number of hydrogen-bond acceptors (Lipinski definition) is 6. The summed E-state index contributed by atoms with van der Waals surface area (Å²) in [6, 6.07) is 0. The lowest BCUT2D eigenvalue weighted by Gasteiger charge is -2.12. The molecule has 1 unspecified atom stereocenters. The quantitative estimate of drug-likeness (QED) is 0.0573. The Morgan fingerprint density at radius 3 is 1.78 bits per heavy atom. The molecule has 0 saturated carbocycles. The lowest BCUT2D eigenvalue weighted by molar-refractivity contribution is -0.152. The van der Waals surface area contributed by atoms with E-state index >= 15 is 0 Å². The van der Waals surface area contributed by atoms with Gasteiger partial charge in [-0.1, -0.05) is 115 Å². The number of ether oxygens (including phenoxy) is 2. The molecular weight excluding hydrogens is 468 g/mol. The van der Waals surface area contributed by atoms with Gasteiger partial charge in [0.15, 0.2) is 0 Å². The Hall–Kier alpha value is -1.92. The van der Waals surface area contributed by atoms with Crippen LogP contribution in [0.5, 0.6) is 0 Å². The summed E-state index contributed by atoms with van der Waals surface area (Å²) in [7, 11) is 0. The number of carbonyl (C=O) groups is 2. The third kappa shape index (κ3) is 26.9. The number of esters is 2. The molecule has 214 valence electrons. The van der Waals surface area contributed by atoms with Gasteiger partial charge in [-0.25, -0.2) is 0 Å². The molecule has 0 fully saturated rings. The predicted octanol–water partition coefficient (Wildman–Crippen LogP) is 7.13. The maximum absolute atomic E-state index is 11.8. The van der Waals surface area contributed by atoms with Crippen LogP contribution in [0.4, 0.5) is 0 Å². The van der Waals surface area contributed by atoms with Gasteiger partial charge < -0.3 is 19.7 Å². The zero-order valence-electron chi connectivity index (χ0n) is 23.6. The number of aliphatic hydroxyl groups is 2. The number of unbranched alkanes of at least 4 members (excludes halogenated alkanes) is 10. The van der Waals surface area contributed by atoms with Crippen molar-refractivity contribution >= 4 is 11.9 Å². The number of allylic oxidation sites excluding steroid dienone is 5. The molecule has 2 atom stereocenters. The zero-order valence-corrected chi connectivity index (χ0v) is 23.6. The maximum Gasteiger partial charge on any atom is 0.305 e. The Morgan fingerprint density at radius 2 is 1.22 bits per heavy atom. The van der Waals surface area contributed by atoms with Crippen LogP contribution in [0.1, 0.15) is 123 Å². The fraction of sp³-hybridized carbons (Fsp3) is 0.742. The lowest BCUT2D eigenvalue weighted by Crippen LogP contribution is -2.25. The molecule has 0 amide bonds. The maximum atomic E-state index is 11.8. The largest absolute Gasteiger partial charge is 0.463 e. The van der Waals surface area contributed by atoms with Crippen LogP contribution in [0.25, 0.3) is 0 Å². The topological polar surface area (TPSA) is 93.1 Å². The van der Waals surface area contributed by atoms with Gasteiger partial charge in [0, 0.05) is 12.8 Å². The molecule has 0 spiro atoms. The van der Waals surface area contributed by atoms with Gasteiger partial charge in [-0.15, -0.1) is 0 Å². The van der Waals surface area contributed by atoms with Gasteiger partial charge in [0.1, 0.15) is 19.3 Å². The molecule has 0 saturated heterocycles. The first kappa shape index (κ1) is 35.1. The number of rotatable bonds is 25. The first-order valence-corrected chi connectivity index (χ1v) is 14.6. The molecule has 0 aliphatic carbocycles. The number of carbonyl (C=O) groups excluding carboxylic acids is 2. The highest BCUT2D eigenvalue weighted by atomic mass is 16.6. The summed E-state index contributed by atoms with van der Waals surface area (Å²) in [6.07, 6.45) is 26.6. The van der Waals surface area contributed by atoms with Crippen molar-refractivity contribution in [1.82, 2.24) is 0 Å². The van der Waals surface area contributed by atoms with Crippen molar-refractivity contribution in [3.63, 3.8) is 0 Å². The highest BCUT2D eigenvalue weighted by Crippen LogP contribution is 2.11. The predicted molar refractivity (Wildman–Crippen MR) is 151 cm³/mol. The van der Waals surface area contributed by atoms with Crippen LogP contribution >= 0.6 is 0 Å². The second kappa shape index (κ2) is 27.1. The monoisotopic (exact) mass is 522 g/mol. The average Bonchev–Trinajstić information content (AvgIpc) is 2.89. The van der Waals surface area contributed by atoms with Crippen LogP contribution < -0.4 is 0 Å². The minimum absolute atomic E-state index is 0.143. The smallest absolute Gasteiger partial charge is 0.305 e. The van der Waals surface area contributed by atoms with E-state index in [2.05, 4.69) is 32.1 Å². The molecule has 0 aromatic carbocycles. The van der Waals surface area contributed by atoms with Crippen LogP contribution in [0.15, 0.2) is 36.5 Å². The van der Waals surface area contributed by atoms with Crippen molar-refractivity contribution in [3.8, 4) is 0 Å². The Morgan fingerprint density at radius 1 is 0.676 bits per heavy atom. The summed E-state index contributed by atoms with van der Waals surface area (Å²) < 4.78 is 10.2. The summed E-state index contributed by atoms with van der Waals surface area (Å²) >= 11 is 0. The number of aliphatic hydroxyl groups excluding tert-OH is 2. The van der Waals surface area contributed by atoms with Gasteiger partial charge in [0.25, 0.3) is 0 Å². The summed E-state index contributed by atoms with van der Waals surface area (Å²) in [5.41, 5.74) is 0. The highest BCUT2D eigenvalue weighted by Gasteiger charge is 2.12. The van der Waals surface area contributed by atoms with Crippen molar-refractivity contribution in [2.75, 3.05) is 13.2 Å². The number of hydrogen-bond donors (Lipinski definition) is 2. The molecule has 0 bridgehead atoms. The van der Waals surface area contributed by atoms with Crippen LogP contribution in [-0.4, -0.2) is 47.6 Å². The second-order valence-electron chi connectivity index (χ2n) is 9.69. The van der Waals surface area contributed by atoms with Crippen LogP contribution in [0, 0.1) is 0 Å². The van der Waals surface area contributed by atoms with Crippen molar-refractivity contribution in [3.05, 3.63) is 36.5 Å². The van der Waals surface area contributed by atoms with Gasteiger partial charge in [0.2, 0.25) is 0 Å². The Bertz CT molecular complexity index is 625. The lowest BCUT2D eigenvalue weighted by atomic mass is 10.1. The van der Waals surface area contributed by atoms with E-state index in [4.69, 9.17) is 9.47 Å². The molecule has 0 heterocycles. The van der Waals surface area contributed by atoms with Gasteiger partial charge >= 0.3 is 11.9 Å². The van der Waals surface area contributed by atoms with Crippen LogP contribution in [0.3, 0.4) is 0 Å². The van der Waals surface area contributed by atoms with Gasteiger partial charge in [-0.2, -0.15) is 0 Å². The fourth-order valence-electron chi connectivity index (χ4n) is 3.74. The molecule has 6 nitrogen and oxygen atoms in total. The Labute approximate surface area is 226 Å². The molecular formula is C31H54O6. The van der Waals surface area contributed by atoms with Gasteiger partial charge in [-0.05, 0) is 32.1 Å². The fourth-order valence-corrected chi connectivity index (χ4v) is 3.74. The molecule has 0 aliphatic rings. The normalized spacial score (nSPS) is 13.5. The molecule has 0 rings (SSSR count). The Balaban J connectivity index is 3.60.